The second-order valence-corrected chi connectivity index (χ2v) is 13.1. The summed E-state index contributed by atoms with van der Waals surface area (Å²) in [4.78, 5) is 10.3. The lowest BCUT2D eigenvalue weighted by atomic mass is 10.1. The van der Waals surface area contributed by atoms with E-state index >= 15 is 0 Å². The first-order chi connectivity index (χ1) is 11.5. The van der Waals surface area contributed by atoms with Crippen LogP contribution in [0.4, 0.5) is 11.5 Å². The Balaban J connectivity index is 2.23. The number of hydrogen-bond donors (Lipinski definition) is 0. The highest BCUT2D eigenvalue weighted by Crippen LogP contribution is 2.37. The van der Waals surface area contributed by atoms with E-state index in [1.165, 1.54) is 5.56 Å². The number of nitrogens with zero attached hydrogens (tertiary/aromatic N) is 3. The van der Waals surface area contributed by atoms with Crippen molar-refractivity contribution < 1.29 is 4.43 Å². The first kappa shape index (κ1) is 19.9. The number of aromatic nitrogens is 2. The molecule has 0 aliphatic heterocycles. The van der Waals surface area contributed by atoms with Crippen LogP contribution in [0.5, 0.6) is 0 Å². The van der Waals surface area contributed by atoms with E-state index in [-0.39, 0.29) is 10.3 Å². The summed E-state index contributed by atoms with van der Waals surface area (Å²) in [6.45, 7) is 14.0. The molecule has 6 heteroatoms. The highest BCUT2D eigenvalue weighted by molar-refractivity contribution is 6.74. The molecule has 0 aliphatic carbocycles. The van der Waals surface area contributed by atoms with Gasteiger partial charge in [0.1, 0.15) is 5.82 Å². The van der Waals surface area contributed by atoms with Crippen LogP contribution in [0.2, 0.25) is 23.4 Å². The Labute approximate surface area is 157 Å². The van der Waals surface area contributed by atoms with Crippen LogP contribution in [0.1, 0.15) is 31.9 Å². The summed E-state index contributed by atoms with van der Waals surface area (Å²) in [5.41, 5.74) is 3.43. The fourth-order valence-electron chi connectivity index (χ4n) is 2.22. The van der Waals surface area contributed by atoms with Gasteiger partial charge in [-0.2, -0.15) is 0 Å². The lowest BCUT2D eigenvalue weighted by Crippen LogP contribution is -2.40. The van der Waals surface area contributed by atoms with E-state index in [9.17, 15) is 0 Å². The minimum atomic E-state index is -1.77. The molecule has 0 saturated heterocycles. The number of anilines is 2. The van der Waals surface area contributed by atoms with E-state index in [1.54, 1.807) is 6.20 Å². The zero-order valence-corrected chi connectivity index (χ0v) is 18.0. The molecule has 0 spiro atoms. The lowest BCUT2D eigenvalue weighted by molar-refractivity contribution is 0.276. The maximum Gasteiger partial charge on any atom is 0.224 e. The molecular weight excluding hydrogens is 350 g/mol. The van der Waals surface area contributed by atoms with Crippen LogP contribution < -0.4 is 4.90 Å². The third kappa shape index (κ3) is 4.81. The molecule has 1 aromatic heterocycles. The van der Waals surface area contributed by atoms with Gasteiger partial charge in [-0.25, -0.2) is 9.97 Å². The fraction of sp³-hybridized carbons (Fsp3) is 0.474. The van der Waals surface area contributed by atoms with Gasteiger partial charge >= 0.3 is 0 Å². The number of benzene rings is 1. The van der Waals surface area contributed by atoms with E-state index < -0.39 is 8.32 Å². The first-order valence-corrected chi connectivity index (χ1v) is 11.8. The maximum atomic E-state index is 6.35. The molecule has 0 atom stereocenters. The van der Waals surface area contributed by atoms with Gasteiger partial charge in [0, 0.05) is 25.5 Å². The Morgan fingerprint density at radius 1 is 1.20 bits per heavy atom. The molecule has 0 radical (unpaired) electrons. The third-order valence-corrected chi connectivity index (χ3v) is 9.66. The van der Waals surface area contributed by atoms with Crippen LogP contribution in [-0.4, -0.2) is 25.3 Å². The van der Waals surface area contributed by atoms with E-state index in [4.69, 9.17) is 16.0 Å². The molecule has 0 unspecified atom stereocenters. The zero-order chi connectivity index (χ0) is 18.8. The van der Waals surface area contributed by atoms with Crippen LogP contribution in [0, 0.1) is 6.92 Å². The van der Waals surface area contributed by atoms with E-state index in [0.717, 1.165) is 17.1 Å². The SMILES string of the molecule is Cc1ccc(CO[Si-](C)(C)C(C)(C)C)cc1N(C)c1ccnc(Cl)n1. The van der Waals surface area contributed by atoms with Gasteiger partial charge in [-0.05, 0) is 50.1 Å². The highest BCUT2D eigenvalue weighted by atomic mass is 35.5. The molecule has 1 aromatic carbocycles. The second-order valence-electron chi connectivity index (χ2n) is 7.91. The Kier molecular flexibility index (Phi) is 5.92. The fourth-order valence-corrected chi connectivity index (χ4v) is 3.33. The standard InChI is InChI=1S/C19H28ClN3OSi/c1-14-8-9-15(13-24-25(6,7)19(2,3)4)12-16(14)23(5)17-10-11-21-18(20)22-17/h8-12H,13H2,1-7H3/q-1. The van der Waals surface area contributed by atoms with Crippen molar-refractivity contribution in [3.63, 3.8) is 0 Å². The average molecular weight is 378 g/mol. The van der Waals surface area contributed by atoms with E-state index in [1.807, 2.05) is 18.0 Å². The molecule has 137 valence electrons. The Morgan fingerprint density at radius 3 is 2.48 bits per heavy atom. The quantitative estimate of drug-likeness (QED) is 0.492. The van der Waals surface area contributed by atoms with Crippen molar-refractivity contribution in [2.24, 2.45) is 0 Å². The molecule has 0 N–H and O–H groups in total. The van der Waals surface area contributed by atoms with E-state index in [0.29, 0.717) is 6.61 Å². The van der Waals surface area contributed by atoms with Crippen LogP contribution in [0.3, 0.4) is 0 Å². The Hall–Kier alpha value is -1.43. The molecule has 0 fully saturated rings. The largest absolute Gasteiger partial charge is 0.561 e. The zero-order valence-electron chi connectivity index (χ0n) is 16.2. The molecule has 2 aromatic rings. The molecule has 25 heavy (non-hydrogen) atoms. The summed E-state index contributed by atoms with van der Waals surface area (Å²) >= 11 is 5.93. The van der Waals surface area contributed by atoms with Crippen molar-refractivity contribution in [1.29, 1.82) is 0 Å². The third-order valence-electron chi connectivity index (χ3n) is 5.00. The first-order valence-electron chi connectivity index (χ1n) is 8.47. The predicted molar refractivity (Wildman–Crippen MR) is 108 cm³/mol. The average Bonchev–Trinajstić information content (AvgIpc) is 2.52. The topological polar surface area (TPSA) is 38.2 Å². The molecule has 4 nitrogen and oxygen atoms in total. The van der Waals surface area contributed by atoms with Crippen molar-refractivity contribution >= 4 is 31.4 Å². The van der Waals surface area contributed by atoms with Gasteiger partial charge in [-0.1, -0.05) is 32.9 Å². The lowest BCUT2D eigenvalue weighted by Gasteiger charge is -2.48. The maximum absolute atomic E-state index is 6.35. The minimum Gasteiger partial charge on any atom is -0.561 e. The van der Waals surface area contributed by atoms with Crippen molar-refractivity contribution in [3.05, 3.63) is 46.9 Å². The Bertz CT molecular complexity index is 744. The van der Waals surface area contributed by atoms with Gasteiger partial charge in [-0.15, -0.1) is 18.1 Å². The molecule has 0 saturated carbocycles. The van der Waals surface area contributed by atoms with Crippen LogP contribution >= 0.6 is 11.6 Å². The molecule has 0 amide bonds. The van der Waals surface area contributed by atoms with Gasteiger partial charge in [0.25, 0.3) is 0 Å². The van der Waals surface area contributed by atoms with Crippen molar-refractivity contribution in [2.75, 3.05) is 11.9 Å². The summed E-state index contributed by atoms with van der Waals surface area (Å²) < 4.78 is 6.35. The molecule has 1 heterocycles. The second kappa shape index (κ2) is 7.44. The summed E-state index contributed by atoms with van der Waals surface area (Å²) in [6, 6.07) is 8.27. The van der Waals surface area contributed by atoms with Crippen molar-refractivity contribution in [2.45, 2.75) is 52.4 Å². The number of hydrogen-bond acceptors (Lipinski definition) is 4. The number of halogens is 1. The van der Waals surface area contributed by atoms with Crippen LogP contribution in [-0.2, 0) is 11.0 Å². The Morgan fingerprint density at radius 2 is 1.88 bits per heavy atom. The van der Waals surface area contributed by atoms with Gasteiger partial charge in [0.2, 0.25) is 5.28 Å². The number of rotatable bonds is 5. The van der Waals surface area contributed by atoms with Crippen molar-refractivity contribution in [3.8, 4) is 0 Å². The van der Waals surface area contributed by atoms with Crippen molar-refractivity contribution in [1.82, 2.24) is 9.97 Å². The molecular formula is C19H28ClN3OSi-. The summed E-state index contributed by atoms with van der Waals surface area (Å²) in [7, 11) is 0.217. The van der Waals surface area contributed by atoms with Gasteiger partial charge in [0.05, 0.1) is 0 Å². The predicted octanol–water partition coefficient (Wildman–Crippen LogP) is 5.73. The number of aryl methyl sites for hydroxylation is 1. The smallest absolute Gasteiger partial charge is 0.224 e. The van der Waals surface area contributed by atoms with Gasteiger partial charge in [-0.3, -0.25) is 0 Å². The van der Waals surface area contributed by atoms with Crippen LogP contribution in [0.25, 0.3) is 0 Å². The molecule has 2 rings (SSSR count). The summed E-state index contributed by atoms with van der Waals surface area (Å²) in [5, 5.41) is 0.453. The molecule has 0 aliphatic rings. The van der Waals surface area contributed by atoms with E-state index in [2.05, 4.69) is 69.0 Å². The summed E-state index contributed by atoms with van der Waals surface area (Å²) in [6.07, 6.45) is 1.67. The highest BCUT2D eigenvalue weighted by Gasteiger charge is 2.24. The van der Waals surface area contributed by atoms with Crippen LogP contribution in [0.15, 0.2) is 30.5 Å². The van der Waals surface area contributed by atoms with Gasteiger partial charge < -0.3 is 9.33 Å². The molecule has 0 bridgehead atoms. The monoisotopic (exact) mass is 377 g/mol. The summed E-state index contributed by atoms with van der Waals surface area (Å²) in [5.74, 6) is 0.769. The van der Waals surface area contributed by atoms with Gasteiger partial charge in [0.15, 0.2) is 0 Å². The normalized spacial score (nSPS) is 12.3. The minimum absolute atomic E-state index is 0.203.